The molecule has 1 amide bonds. The van der Waals surface area contributed by atoms with E-state index < -0.39 is 0 Å². The van der Waals surface area contributed by atoms with Gasteiger partial charge in [0.1, 0.15) is 0 Å². The highest BCUT2D eigenvalue weighted by atomic mass is 35.5. The van der Waals surface area contributed by atoms with Crippen molar-refractivity contribution in [3.63, 3.8) is 0 Å². The summed E-state index contributed by atoms with van der Waals surface area (Å²) in [6, 6.07) is 3.87. The van der Waals surface area contributed by atoms with Crippen molar-refractivity contribution in [2.75, 3.05) is 0 Å². The molecule has 1 fully saturated rings. The van der Waals surface area contributed by atoms with Crippen LogP contribution < -0.4 is 4.80 Å². The summed E-state index contributed by atoms with van der Waals surface area (Å²) >= 11 is 7.73. The van der Waals surface area contributed by atoms with E-state index in [-0.39, 0.29) is 11.8 Å². The van der Waals surface area contributed by atoms with Crippen LogP contribution in [0.15, 0.2) is 29.8 Å². The second kappa shape index (κ2) is 5.19. The van der Waals surface area contributed by atoms with Crippen LogP contribution >= 0.6 is 22.9 Å². The molecule has 0 saturated heterocycles. The summed E-state index contributed by atoms with van der Waals surface area (Å²) in [6.07, 6.45) is 3.76. The zero-order chi connectivity index (χ0) is 14.3. The van der Waals surface area contributed by atoms with Gasteiger partial charge in [0, 0.05) is 17.5 Å². The Kier molecular flexibility index (Phi) is 3.52. The van der Waals surface area contributed by atoms with E-state index >= 15 is 0 Å². The van der Waals surface area contributed by atoms with E-state index in [1.54, 1.807) is 0 Å². The quantitative estimate of drug-likeness (QED) is 0.796. The van der Waals surface area contributed by atoms with E-state index in [0.717, 1.165) is 38.4 Å². The third kappa shape index (κ3) is 2.34. The molecule has 3 nitrogen and oxygen atoms in total. The molecule has 2 aromatic rings. The van der Waals surface area contributed by atoms with Gasteiger partial charge in [-0.15, -0.1) is 6.58 Å². The molecule has 0 N–H and O–H groups in total. The number of allylic oxidation sites excluding steroid dienone is 1. The molecule has 0 unspecified atom stereocenters. The molecule has 0 radical (unpaired) electrons. The molecule has 0 atom stereocenters. The summed E-state index contributed by atoms with van der Waals surface area (Å²) in [7, 11) is 0. The Morgan fingerprint density at radius 3 is 3.00 bits per heavy atom. The largest absolute Gasteiger partial charge is 0.312 e. The van der Waals surface area contributed by atoms with Crippen LogP contribution in [0.4, 0.5) is 0 Å². The SMILES string of the molecule is C=CCn1c(=NC(=O)C2CC2)sc2ccc(Cl)c(C)c21. The Balaban J connectivity index is 2.25. The zero-order valence-electron chi connectivity index (χ0n) is 11.2. The number of rotatable bonds is 3. The van der Waals surface area contributed by atoms with Crippen LogP contribution in [-0.2, 0) is 11.3 Å². The number of fused-ring (bicyclic) bond motifs is 1. The maximum Gasteiger partial charge on any atom is 0.251 e. The lowest BCUT2D eigenvalue weighted by Crippen LogP contribution is -2.17. The monoisotopic (exact) mass is 306 g/mol. The predicted octanol–water partition coefficient (Wildman–Crippen LogP) is 3.69. The van der Waals surface area contributed by atoms with E-state index in [1.807, 2.05) is 29.7 Å². The topological polar surface area (TPSA) is 34.4 Å². The molecule has 1 aromatic heterocycles. The van der Waals surface area contributed by atoms with Crippen molar-refractivity contribution in [2.45, 2.75) is 26.3 Å². The van der Waals surface area contributed by atoms with Crippen molar-refractivity contribution in [1.29, 1.82) is 0 Å². The number of aryl methyl sites for hydroxylation is 1. The molecule has 0 spiro atoms. The lowest BCUT2D eigenvalue weighted by atomic mass is 10.2. The molecule has 0 aliphatic heterocycles. The number of aromatic nitrogens is 1. The van der Waals surface area contributed by atoms with Gasteiger partial charge < -0.3 is 4.57 Å². The summed E-state index contributed by atoms with van der Waals surface area (Å²) in [5, 5.41) is 0.730. The number of halogens is 1. The van der Waals surface area contributed by atoms with Crippen LogP contribution in [0.25, 0.3) is 10.2 Å². The Morgan fingerprint density at radius 1 is 1.60 bits per heavy atom. The Labute approximate surface area is 126 Å². The van der Waals surface area contributed by atoms with Crippen LogP contribution in [0.2, 0.25) is 5.02 Å². The molecule has 1 aromatic carbocycles. The van der Waals surface area contributed by atoms with Crippen LogP contribution in [0.5, 0.6) is 0 Å². The number of carbonyl (C=O) groups is 1. The van der Waals surface area contributed by atoms with E-state index in [2.05, 4.69) is 11.6 Å². The Bertz CT molecular complexity index is 768. The van der Waals surface area contributed by atoms with Gasteiger partial charge in [0.05, 0.1) is 10.2 Å². The lowest BCUT2D eigenvalue weighted by Gasteiger charge is -2.05. The highest BCUT2D eigenvalue weighted by Crippen LogP contribution is 2.30. The fourth-order valence-electron chi connectivity index (χ4n) is 2.22. The first-order valence-corrected chi connectivity index (χ1v) is 7.79. The van der Waals surface area contributed by atoms with Crippen molar-refractivity contribution >= 4 is 39.1 Å². The third-order valence-electron chi connectivity index (χ3n) is 3.47. The number of nitrogens with zero attached hydrogens (tertiary/aromatic N) is 2. The molecule has 5 heteroatoms. The fourth-order valence-corrected chi connectivity index (χ4v) is 3.47. The highest BCUT2D eigenvalue weighted by Gasteiger charge is 2.29. The van der Waals surface area contributed by atoms with Gasteiger partial charge in [-0.25, -0.2) is 0 Å². The Morgan fingerprint density at radius 2 is 2.35 bits per heavy atom. The predicted molar refractivity (Wildman–Crippen MR) is 83.1 cm³/mol. The Hall–Kier alpha value is -1.39. The molecule has 1 aliphatic rings. The summed E-state index contributed by atoms with van der Waals surface area (Å²) < 4.78 is 3.12. The van der Waals surface area contributed by atoms with Gasteiger partial charge >= 0.3 is 0 Å². The third-order valence-corrected chi connectivity index (χ3v) is 4.93. The number of hydrogen-bond donors (Lipinski definition) is 0. The van der Waals surface area contributed by atoms with Gasteiger partial charge in [-0.2, -0.15) is 4.99 Å². The molecule has 0 bridgehead atoms. The molecule has 1 heterocycles. The normalized spacial score (nSPS) is 15.8. The first-order chi connectivity index (χ1) is 9.61. The van der Waals surface area contributed by atoms with Crippen LogP contribution in [0.3, 0.4) is 0 Å². The fraction of sp³-hybridized carbons (Fsp3) is 0.333. The van der Waals surface area contributed by atoms with Crippen LogP contribution in [0, 0.1) is 12.8 Å². The van der Waals surface area contributed by atoms with Gasteiger partial charge in [0.2, 0.25) is 0 Å². The second-order valence-corrected chi connectivity index (χ2v) is 6.44. The van der Waals surface area contributed by atoms with Crippen molar-refractivity contribution in [1.82, 2.24) is 4.57 Å². The van der Waals surface area contributed by atoms with Crippen LogP contribution in [-0.4, -0.2) is 10.5 Å². The van der Waals surface area contributed by atoms with Crippen molar-refractivity contribution in [2.24, 2.45) is 10.9 Å². The lowest BCUT2D eigenvalue weighted by molar-refractivity contribution is -0.119. The van der Waals surface area contributed by atoms with E-state index in [9.17, 15) is 4.79 Å². The molecule has 1 saturated carbocycles. The number of thiazole rings is 1. The molecular formula is C15H15ClN2OS. The average Bonchev–Trinajstić information content (AvgIpc) is 3.21. The maximum absolute atomic E-state index is 11.9. The minimum atomic E-state index is -0.00174. The molecule has 104 valence electrons. The molecule has 3 rings (SSSR count). The van der Waals surface area contributed by atoms with Gasteiger partial charge in [0.15, 0.2) is 4.80 Å². The number of hydrogen-bond acceptors (Lipinski definition) is 2. The zero-order valence-corrected chi connectivity index (χ0v) is 12.8. The summed E-state index contributed by atoms with van der Waals surface area (Å²) in [6.45, 7) is 6.40. The van der Waals surface area contributed by atoms with E-state index in [0.29, 0.717) is 6.54 Å². The van der Waals surface area contributed by atoms with Gasteiger partial charge in [-0.05, 0) is 37.5 Å². The number of benzene rings is 1. The molecule has 20 heavy (non-hydrogen) atoms. The second-order valence-electron chi connectivity index (χ2n) is 5.03. The first kappa shape index (κ1) is 13.6. The van der Waals surface area contributed by atoms with Gasteiger partial charge in [-0.3, -0.25) is 4.79 Å². The maximum atomic E-state index is 11.9. The van der Waals surface area contributed by atoms with E-state index in [4.69, 9.17) is 11.6 Å². The number of carbonyl (C=O) groups excluding carboxylic acids is 1. The van der Waals surface area contributed by atoms with Crippen molar-refractivity contribution in [3.05, 3.63) is 40.2 Å². The summed E-state index contributed by atoms with van der Waals surface area (Å²) in [5.41, 5.74) is 2.06. The van der Waals surface area contributed by atoms with Gasteiger partial charge in [-0.1, -0.05) is 29.0 Å². The van der Waals surface area contributed by atoms with Crippen LogP contribution in [0.1, 0.15) is 18.4 Å². The van der Waals surface area contributed by atoms with Gasteiger partial charge in [0.25, 0.3) is 5.91 Å². The minimum Gasteiger partial charge on any atom is -0.312 e. The standard InChI is InChI=1S/C15H15ClN2OS/c1-3-8-18-13-9(2)11(16)6-7-12(13)20-15(18)17-14(19)10-4-5-10/h3,6-7,10H,1,4-5,8H2,2H3. The highest BCUT2D eigenvalue weighted by molar-refractivity contribution is 7.16. The van der Waals surface area contributed by atoms with E-state index in [1.165, 1.54) is 11.3 Å². The molecular weight excluding hydrogens is 292 g/mol. The number of amides is 1. The molecule has 1 aliphatic carbocycles. The first-order valence-electron chi connectivity index (χ1n) is 6.59. The smallest absolute Gasteiger partial charge is 0.251 e. The van der Waals surface area contributed by atoms with Crippen molar-refractivity contribution in [3.8, 4) is 0 Å². The van der Waals surface area contributed by atoms with Crippen molar-refractivity contribution < 1.29 is 4.79 Å². The summed E-state index contributed by atoms with van der Waals surface area (Å²) in [4.78, 5) is 17.0. The minimum absolute atomic E-state index is 0.00174. The summed E-state index contributed by atoms with van der Waals surface area (Å²) in [5.74, 6) is 0.139. The average molecular weight is 307 g/mol.